The Labute approximate surface area is 111 Å². The summed E-state index contributed by atoms with van der Waals surface area (Å²) in [4.78, 5) is 12.4. The van der Waals surface area contributed by atoms with Gasteiger partial charge in [-0.1, -0.05) is 30.3 Å². The molecule has 0 radical (unpaired) electrons. The molecule has 0 aliphatic carbocycles. The van der Waals surface area contributed by atoms with Crippen LogP contribution in [0.15, 0.2) is 61.2 Å². The van der Waals surface area contributed by atoms with E-state index in [4.69, 9.17) is 5.73 Å². The molecule has 3 heteroatoms. The fourth-order valence-corrected chi connectivity index (χ4v) is 1.88. The van der Waals surface area contributed by atoms with Crippen molar-refractivity contribution in [3.8, 4) is 0 Å². The zero-order valence-corrected chi connectivity index (χ0v) is 10.3. The van der Waals surface area contributed by atoms with Crippen LogP contribution in [-0.4, -0.2) is 5.78 Å². The molecule has 96 valence electrons. The van der Waals surface area contributed by atoms with Crippen molar-refractivity contribution in [2.45, 2.75) is 6.04 Å². The zero-order valence-electron chi connectivity index (χ0n) is 10.3. The fraction of sp³-hybridized carbons (Fsp3) is 0.0625. The third-order valence-corrected chi connectivity index (χ3v) is 2.92. The lowest BCUT2D eigenvalue weighted by Crippen LogP contribution is -2.13. The minimum absolute atomic E-state index is 0.173. The van der Waals surface area contributed by atoms with Crippen LogP contribution in [0, 0.1) is 5.82 Å². The average molecular weight is 255 g/mol. The summed E-state index contributed by atoms with van der Waals surface area (Å²) in [5.41, 5.74) is 7.57. The quantitative estimate of drug-likeness (QED) is 0.673. The minimum atomic E-state index is -0.402. The monoisotopic (exact) mass is 255 g/mol. The number of halogens is 1. The number of hydrogen-bond acceptors (Lipinski definition) is 2. The first kappa shape index (κ1) is 13.2. The molecule has 2 rings (SSSR count). The first-order valence-corrected chi connectivity index (χ1v) is 5.91. The summed E-state index contributed by atoms with van der Waals surface area (Å²) >= 11 is 0. The lowest BCUT2D eigenvalue weighted by atomic mass is 9.94. The van der Waals surface area contributed by atoms with Gasteiger partial charge in [-0.05, 0) is 29.8 Å². The standard InChI is InChI=1S/C16H14FNO/c1-2-15(18)13-5-3-4-6-14(13)16(19)11-7-9-12(17)10-8-11/h2-10,15H,1,18H2. The molecule has 0 heterocycles. The highest BCUT2D eigenvalue weighted by molar-refractivity contribution is 6.10. The van der Waals surface area contributed by atoms with Crippen molar-refractivity contribution in [2.24, 2.45) is 5.73 Å². The Hall–Kier alpha value is -2.26. The molecule has 0 saturated carbocycles. The van der Waals surface area contributed by atoms with Crippen molar-refractivity contribution in [2.75, 3.05) is 0 Å². The Balaban J connectivity index is 2.44. The maximum Gasteiger partial charge on any atom is 0.193 e. The molecule has 0 aliphatic heterocycles. The van der Waals surface area contributed by atoms with Crippen LogP contribution in [0.5, 0.6) is 0 Å². The van der Waals surface area contributed by atoms with E-state index in [1.165, 1.54) is 24.3 Å². The maximum absolute atomic E-state index is 12.9. The van der Waals surface area contributed by atoms with Crippen LogP contribution in [0.25, 0.3) is 0 Å². The molecule has 1 unspecified atom stereocenters. The number of carbonyl (C=O) groups excluding carboxylic acids is 1. The molecule has 0 spiro atoms. The largest absolute Gasteiger partial charge is 0.321 e. The summed E-state index contributed by atoms with van der Waals surface area (Å²) in [6.45, 7) is 3.64. The van der Waals surface area contributed by atoms with E-state index in [0.29, 0.717) is 16.7 Å². The second kappa shape index (κ2) is 5.59. The maximum atomic E-state index is 12.9. The van der Waals surface area contributed by atoms with Crippen molar-refractivity contribution in [3.63, 3.8) is 0 Å². The Morgan fingerprint density at radius 2 is 1.79 bits per heavy atom. The van der Waals surface area contributed by atoms with E-state index in [9.17, 15) is 9.18 Å². The van der Waals surface area contributed by atoms with Crippen LogP contribution in [0.3, 0.4) is 0 Å². The Bertz CT molecular complexity index is 604. The molecule has 2 nitrogen and oxygen atoms in total. The van der Waals surface area contributed by atoms with Crippen LogP contribution in [0.4, 0.5) is 4.39 Å². The Kier molecular flexibility index (Phi) is 3.88. The minimum Gasteiger partial charge on any atom is -0.321 e. The number of ketones is 1. The van der Waals surface area contributed by atoms with Crippen molar-refractivity contribution in [3.05, 3.63) is 83.7 Å². The zero-order chi connectivity index (χ0) is 13.8. The predicted octanol–water partition coefficient (Wildman–Crippen LogP) is 3.24. The summed E-state index contributed by atoms with van der Waals surface area (Å²) in [5.74, 6) is -0.541. The van der Waals surface area contributed by atoms with Crippen molar-refractivity contribution >= 4 is 5.78 Å². The van der Waals surface area contributed by atoms with Gasteiger partial charge in [-0.2, -0.15) is 0 Å². The number of carbonyl (C=O) groups is 1. The summed E-state index contributed by atoms with van der Waals surface area (Å²) in [5, 5.41) is 0. The van der Waals surface area contributed by atoms with Gasteiger partial charge in [0, 0.05) is 17.2 Å². The average Bonchev–Trinajstić information content (AvgIpc) is 2.46. The molecule has 0 bridgehead atoms. The van der Waals surface area contributed by atoms with Gasteiger partial charge in [0.15, 0.2) is 5.78 Å². The summed E-state index contributed by atoms with van der Waals surface area (Å²) in [6, 6.07) is 12.2. The molecule has 0 saturated heterocycles. The van der Waals surface area contributed by atoms with Gasteiger partial charge < -0.3 is 5.73 Å². The third-order valence-electron chi connectivity index (χ3n) is 2.92. The SMILES string of the molecule is C=CC(N)c1ccccc1C(=O)c1ccc(F)cc1. The van der Waals surface area contributed by atoms with E-state index in [0.717, 1.165) is 0 Å². The van der Waals surface area contributed by atoms with Crippen LogP contribution in [0.2, 0.25) is 0 Å². The third kappa shape index (κ3) is 2.77. The van der Waals surface area contributed by atoms with Gasteiger partial charge in [-0.15, -0.1) is 6.58 Å². The molecule has 0 fully saturated rings. The Morgan fingerprint density at radius 3 is 2.42 bits per heavy atom. The van der Waals surface area contributed by atoms with Crippen LogP contribution in [0.1, 0.15) is 27.5 Å². The van der Waals surface area contributed by atoms with Crippen LogP contribution >= 0.6 is 0 Å². The number of benzene rings is 2. The first-order chi connectivity index (χ1) is 9.13. The summed E-state index contributed by atoms with van der Waals surface area (Å²) < 4.78 is 12.9. The van der Waals surface area contributed by atoms with Gasteiger partial charge in [-0.25, -0.2) is 4.39 Å². The van der Waals surface area contributed by atoms with Crippen molar-refractivity contribution in [1.29, 1.82) is 0 Å². The molecular weight excluding hydrogens is 241 g/mol. The topological polar surface area (TPSA) is 43.1 Å². The highest BCUT2D eigenvalue weighted by Gasteiger charge is 2.15. The Morgan fingerprint density at radius 1 is 1.16 bits per heavy atom. The van der Waals surface area contributed by atoms with E-state index in [1.54, 1.807) is 24.3 Å². The molecule has 0 amide bonds. The molecule has 1 atom stereocenters. The van der Waals surface area contributed by atoms with Gasteiger partial charge in [0.05, 0.1) is 0 Å². The molecular formula is C16H14FNO. The van der Waals surface area contributed by atoms with Gasteiger partial charge in [0.25, 0.3) is 0 Å². The second-order valence-corrected chi connectivity index (χ2v) is 4.18. The van der Waals surface area contributed by atoms with E-state index in [2.05, 4.69) is 6.58 Å². The van der Waals surface area contributed by atoms with Crippen LogP contribution < -0.4 is 5.73 Å². The molecule has 2 aromatic rings. The van der Waals surface area contributed by atoms with Crippen molar-refractivity contribution in [1.82, 2.24) is 0 Å². The van der Waals surface area contributed by atoms with E-state index < -0.39 is 6.04 Å². The fourth-order valence-electron chi connectivity index (χ4n) is 1.88. The number of rotatable bonds is 4. The van der Waals surface area contributed by atoms with E-state index >= 15 is 0 Å². The van der Waals surface area contributed by atoms with Gasteiger partial charge in [-0.3, -0.25) is 4.79 Å². The predicted molar refractivity (Wildman–Crippen MR) is 73.4 cm³/mol. The van der Waals surface area contributed by atoms with E-state index in [1.807, 2.05) is 6.07 Å². The normalized spacial score (nSPS) is 11.9. The number of nitrogens with two attached hydrogens (primary N) is 1. The van der Waals surface area contributed by atoms with Crippen LogP contribution in [-0.2, 0) is 0 Å². The highest BCUT2D eigenvalue weighted by Crippen LogP contribution is 2.20. The van der Waals surface area contributed by atoms with E-state index in [-0.39, 0.29) is 11.6 Å². The van der Waals surface area contributed by atoms with Gasteiger partial charge >= 0.3 is 0 Å². The molecule has 19 heavy (non-hydrogen) atoms. The number of hydrogen-bond donors (Lipinski definition) is 1. The molecule has 2 aromatic carbocycles. The lowest BCUT2D eigenvalue weighted by molar-refractivity contribution is 0.103. The van der Waals surface area contributed by atoms with Crippen molar-refractivity contribution < 1.29 is 9.18 Å². The molecule has 0 aliphatic rings. The molecule has 0 aromatic heterocycles. The lowest BCUT2D eigenvalue weighted by Gasteiger charge is -2.12. The van der Waals surface area contributed by atoms with Gasteiger partial charge in [0.1, 0.15) is 5.82 Å². The van der Waals surface area contributed by atoms with Gasteiger partial charge in [0.2, 0.25) is 0 Å². The molecule has 2 N–H and O–H groups in total. The second-order valence-electron chi connectivity index (χ2n) is 4.18. The summed E-state index contributed by atoms with van der Waals surface area (Å²) in [6.07, 6.45) is 1.58. The summed E-state index contributed by atoms with van der Waals surface area (Å²) in [7, 11) is 0. The first-order valence-electron chi connectivity index (χ1n) is 5.91. The smallest absolute Gasteiger partial charge is 0.193 e. The highest BCUT2D eigenvalue weighted by atomic mass is 19.1.